The van der Waals surface area contributed by atoms with E-state index < -0.39 is 128 Å². The highest BCUT2D eigenvalue weighted by Gasteiger charge is 2.81. The maximum Gasteiger partial charge on any atom is 0.515 e. The van der Waals surface area contributed by atoms with Gasteiger partial charge in [-0.15, -0.1) is 0 Å². The first kappa shape index (κ1) is 91.4. The molecular formula is C84H108O22Si12. The van der Waals surface area contributed by atoms with Crippen LogP contribution >= 0.6 is 0 Å². The molecule has 22 nitrogen and oxygen atoms in total. The van der Waals surface area contributed by atoms with Gasteiger partial charge in [-0.3, -0.25) is 0 Å². The summed E-state index contributed by atoms with van der Waals surface area (Å²) in [4.78, 5) is 52.8. The average molecular weight is 1810 g/mol. The Morgan fingerprint density at radius 2 is 0.390 bits per heavy atom. The van der Waals surface area contributed by atoms with Crippen molar-refractivity contribution in [2.24, 2.45) is 0 Å². The number of hydrogen-bond donors (Lipinski definition) is 0. The van der Waals surface area contributed by atoms with Crippen molar-refractivity contribution in [1.29, 1.82) is 0 Å². The molecule has 4 fully saturated rings. The molecule has 0 aromatic heterocycles. The zero-order valence-corrected chi connectivity index (χ0v) is 81.4. The second kappa shape index (κ2) is 38.8. The molecule has 0 amide bonds. The van der Waals surface area contributed by atoms with Gasteiger partial charge in [-0.05, 0) is 130 Å². The van der Waals surface area contributed by atoms with Gasteiger partial charge in [-0.1, -0.05) is 269 Å². The Morgan fingerprint density at radius 3 is 0.534 bits per heavy atom. The molecule has 0 spiro atoms. The molecule has 4 aliphatic rings. The Bertz CT molecular complexity index is 4160. The van der Waals surface area contributed by atoms with Crippen LogP contribution < -0.4 is 41.5 Å². The van der Waals surface area contributed by atoms with Crippen LogP contribution in [0.5, 0.6) is 0 Å². The molecule has 4 bridgehead atoms. The Kier molecular flexibility index (Phi) is 30.0. The molecule has 0 atom stereocenters. The SMILES string of the molecule is C=C(C)C(=O)OCCC[Si](C)(C)O[Si]1(c2ccccc2)O[Si]2(c3ccccc3)O[Si](O[Si](C)(C)CCCOC(=O)C(=C)C)(c3ccccc3)O[Si](c3ccccc3)(O1)O[Si]1(c3ccccc3)O[Si](O[Si](C)(C)CCCOC(=O)C(=C)C)(c3ccccc3)O[Si](c3ccccc3)(O[Si](O[Si](C)(C)CCCOC(=O)C(=C)C)(c3ccccc3)O1)O2. The summed E-state index contributed by atoms with van der Waals surface area (Å²) in [6, 6.07) is 76.9. The lowest BCUT2D eigenvalue weighted by molar-refractivity contribution is -0.139. The van der Waals surface area contributed by atoms with Gasteiger partial charge in [0, 0.05) is 63.8 Å². The van der Waals surface area contributed by atoms with Crippen LogP contribution in [-0.4, -0.2) is 154 Å². The molecule has 0 aliphatic carbocycles. The Labute approximate surface area is 707 Å². The van der Waals surface area contributed by atoms with E-state index in [0.717, 1.165) is 0 Å². The lowest BCUT2D eigenvalue weighted by Crippen LogP contribution is -2.91. The van der Waals surface area contributed by atoms with Crippen molar-refractivity contribution in [3.8, 4) is 0 Å². The molecule has 4 saturated heterocycles. The predicted octanol–water partition coefficient (Wildman–Crippen LogP) is 11.9. The van der Waals surface area contributed by atoms with Crippen LogP contribution in [0.1, 0.15) is 53.4 Å². The van der Waals surface area contributed by atoms with Crippen molar-refractivity contribution >= 4 is 169 Å². The van der Waals surface area contributed by atoms with Crippen LogP contribution in [0.15, 0.2) is 291 Å². The van der Waals surface area contributed by atoms with E-state index in [2.05, 4.69) is 78.7 Å². The highest BCUT2D eigenvalue weighted by Crippen LogP contribution is 2.46. The molecule has 8 aromatic rings. The van der Waals surface area contributed by atoms with Gasteiger partial charge in [-0.25, -0.2) is 19.2 Å². The summed E-state index contributed by atoms with van der Waals surface area (Å²) < 4.78 is 147. The second-order valence-electron chi connectivity index (χ2n) is 31.9. The summed E-state index contributed by atoms with van der Waals surface area (Å²) in [5, 5.41) is 3.10. The number of hydrogen-bond acceptors (Lipinski definition) is 22. The molecule has 0 unspecified atom stereocenters. The normalized spacial score (nSPS) is 24.2. The third-order valence-corrected chi connectivity index (χ3v) is 68.6. The van der Waals surface area contributed by atoms with E-state index in [4.69, 9.17) is 76.6 Å². The average Bonchev–Trinajstić information content (AvgIpc) is 0.684. The minimum Gasteiger partial charge on any atom is -0.462 e. The van der Waals surface area contributed by atoms with Crippen LogP contribution in [0.3, 0.4) is 0 Å². The molecule has 4 heterocycles. The zero-order valence-electron chi connectivity index (χ0n) is 69.4. The van der Waals surface area contributed by atoms with E-state index in [1.807, 2.05) is 243 Å². The summed E-state index contributed by atoms with van der Waals surface area (Å²) in [5.41, 5.74) is 1.02. The van der Waals surface area contributed by atoms with Crippen molar-refractivity contribution in [1.82, 2.24) is 0 Å². The van der Waals surface area contributed by atoms with Crippen molar-refractivity contribution in [3.63, 3.8) is 0 Å². The molecule has 0 N–H and O–H groups in total. The molecule has 4 aliphatic heterocycles. The van der Waals surface area contributed by atoms with E-state index >= 15 is 0 Å². The molecule has 12 rings (SSSR count). The maximum atomic E-state index is 13.2. The fourth-order valence-corrected chi connectivity index (χ4v) is 74.2. The first-order chi connectivity index (χ1) is 56.0. The van der Waals surface area contributed by atoms with Crippen LogP contribution in [0.25, 0.3) is 0 Å². The quantitative estimate of drug-likeness (QED) is 0.0117. The lowest BCUT2D eigenvalue weighted by Gasteiger charge is -2.58. The van der Waals surface area contributed by atoms with Crippen molar-refractivity contribution in [2.75, 3.05) is 26.4 Å². The Balaban J connectivity index is 1.37. The molecule has 34 heteroatoms. The van der Waals surface area contributed by atoms with Gasteiger partial charge in [0.25, 0.3) is 0 Å². The highest BCUT2D eigenvalue weighted by atomic mass is 28.6. The molecule has 624 valence electrons. The zero-order chi connectivity index (χ0) is 84.7. The number of fused-ring (bicyclic) bond motifs is 4. The largest absolute Gasteiger partial charge is 0.515 e. The number of ether oxygens (including phenoxy) is 4. The van der Waals surface area contributed by atoms with Crippen LogP contribution in [0, 0.1) is 0 Å². The standard InChI is InChI=1S/C84H108O22Si12/c1-69(2)81(85)89-61-41-65-107(9,10)93-111(73-45-25-17-26-46-73)97-115(77-53-33-21-34-54-77)99-112(74-47-27-18-28-48-74,94-108(11,12)66-42-62-90-82(86)70(3)4)100-116(98-111,78-55-35-22-36-56-78)106-118(80-59-39-24-40-60-80)102-113(75-49-29-19-30-50-75,95-109(13,14)67-43-63-91-83(87)71(5)6)101-117(105-115,79-57-37-23-38-58-79)103-114(104-118,76-51-31-20-32-52-76)96-110(15,16)68-44-64-92-84(88)72(7)8/h17-40,45-60H,1,3,5,7,41-44,61-68H2,2,4,6,8-16H3. The molecule has 0 radical (unpaired) electrons. The van der Waals surface area contributed by atoms with Crippen molar-refractivity contribution in [3.05, 3.63) is 291 Å². The van der Waals surface area contributed by atoms with E-state index in [1.165, 1.54) is 0 Å². The summed E-state index contributed by atoms with van der Waals surface area (Å²) in [7, 11) is -58.0. The van der Waals surface area contributed by atoms with Crippen LogP contribution in [0.4, 0.5) is 0 Å². The molecular weight excluding hydrogens is 1700 g/mol. The fraction of sp³-hybridized carbons (Fsp3) is 0.286. The minimum atomic E-state index is -5.72. The highest BCUT2D eigenvalue weighted by molar-refractivity contribution is 7.11. The first-order valence-electron chi connectivity index (χ1n) is 39.6. The van der Waals surface area contributed by atoms with Crippen molar-refractivity contribution < 1.29 is 95.7 Å². The number of carbonyl (C=O) groups is 4. The third-order valence-electron chi connectivity index (χ3n) is 19.4. The van der Waals surface area contributed by atoms with Crippen molar-refractivity contribution in [2.45, 2.75) is 130 Å². The fourth-order valence-electron chi connectivity index (χ4n) is 13.6. The van der Waals surface area contributed by atoms with Gasteiger partial charge in [-0.2, -0.15) is 0 Å². The number of benzene rings is 8. The van der Waals surface area contributed by atoms with E-state index in [-0.39, 0.29) is 48.7 Å². The summed E-state index contributed by atoms with van der Waals surface area (Å²) in [5.74, 6) is -2.12. The van der Waals surface area contributed by atoms with Crippen LogP contribution in [-0.2, 0) is 95.7 Å². The topological polar surface area (TPSA) is 234 Å². The lowest BCUT2D eigenvalue weighted by atomic mass is 10.4. The summed E-state index contributed by atoms with van der Waals surface area (Å²) in [6.45, 7) is 38.4. The minimum absolute atomic E-state index is 0.0315. The van der Waals surface area contributed by atoms with Gasteiger partial charge in [0.05, 0.1) is 26.4 Å². The second-order valence-corrected chi connectivity index (χ2v) is 73.0. The molecule has 118 heavy (non-hydrogen) atoms. The summed E-state index contributed by atoms with van der Waals surface area (Å²) >= 11 is 0. The Morgan fingerprint density at radius 1 is 0.246 bits per heavy atom. The first-order valence-corrected chi connectivity index (χ1v) is 65.9. The maximum absolute atomic E-state index is 13.2. The van der Waals surface area contributed by atoms with Crippen LogP contribution in [0.2, 0.25) is 76.6 Å². The Hall–Kier alpha value is -7.36. The number of rotatable bonds is 36. The predicted molar refractivity (Wildman–Crippen MR) is 481 cm³/mol. The van der Waals surface area contributed by atoms with Gasteiger partial charge in [0.1, 0.15) is 0 Å². The monoisotopic (exact) mass is 1800 g/mol. The molecule has 8 aromatic carbocycles. The van der Waals surface area contributed by atoms with Gasteiger partial charge < -0.3 is 76.6 Å². The smallest absolute Gasteiger partial charge is 0.462 e. The third kappa shape index (κ3) is 22.5. The molecule has 0 saturated carbocycles. The number of esters is 4. The van der Waals surface area contributed by atoms with E-state index in [1.54, 1.807) is 27.7 Å². The van der Waals surface area contributed by atoms with E-state index in [9.17, 15) is 19.2 Å². The van der Waals surface area contributed by atoms with Gasteiger partial charge in [0.15, 0.2) is 33.3 Å². The van der Waals surface area contributed by atoms with Gasteiger partial charge in [0.2, 0.25) is 0 Å². The van der Waals surface area contributed by atoms with Gasteiger partial charge >= 0.3 is 94.3 Å². The van der Waals surface area contributed by atoms with E-state index in [0.29, 0.717) is 91.4 Å². The summed E-state index contributed by atoms with van der Waals surface area (Å²) in [6.07, 6.45) is 1.38. The number of carbonyl (C=O) groups excluding carboxylic acids is 4.